The third kappa shape index (κ3) is 3.56. The number of nitrogens with zero attached hydrogens (tertiary/aromatic N) is 1. The highest BCUT2D eigenvalue weighted by molar-refractivity contribution is 5.93. The first kappa shape index (κ1) is 16.1. The Balaban J connectivity index is 1.57. The molecule has 1 heterocycles. The first-order valence-corrected chi connectivity index (χ1v) is 7.95. The van der Waals surface area contributed by atoms with E-state index in [4.69, 9.17) is 4.74 Å². The molecule has 0 saturated carbocycles. The van der Waals surface area contributed by atoms with Crippen molar-refractivity contribution in [3.8, 4) is 0 Å². The zero-order valence-electron chi connectivity index (χ0n) is 13.6. The van der Waals surface area contributed by atoms with Crippen LogP contribution in [0.1, 0.15) is 11.1 Å². The van der Waals surface area contributed by atoms with Crippen LogP contribution in [0.2, 0.25) is 0 Å². The lowest BCUT2D eigenvalue weighted by molar-refractivity contribution is -0.132. The van der Waals surface area contributed by atoms with Gasteiger partial charge in [-0.25, -0.2) is 4.79 Å². The Kier molecular flexibility index (Phi) is 4.79. The molecule has 0 spiro atoms. The number of hydrogen-bond acceptors (Lipinski definition) is 4. The normalized spacial score (nSPS) is 15.8. The van der Waals surface area contributed by atoms with Gasteiger partial charge in [0.05, 0.1) is 5.92 Å². The molecule has 3 rings (SSSR count). The molecule has 2 aromatic rings. The van der Waals surface area contributed by atoms with Crippen LogP contribution in [0, 0.1) is 5.92 Å². The van der Waals surface area contributed by atoms with Crippen molar-refractivity contribution in [2.75, 3.05) is 18.9 Å². The van der Waals surface area contributed by atoms with E-state index in [1.165, 1.54) is 7.05 Å². The van der Waals surface area contributed by atoms with E-state index in [2.05, 4.69) is 5.32 Å². The Morgan fingerprint density at radius 3 is 2.62 bits per heavy atom. The highest BCUT2D eigenvalue weighted by Gasteiger charge is 2.30. The summed E-state index contributed by atoms with van der Waals surface area (Å²) in [5.41, 5.74) is 3.03. The number of benzene rings is 2. The van der Waals surface area contributed by atoms with Gasteiger partial charge in [-0.05, 0) is 23.6 Å². The van der Waals surface area contributed by atoms with Gasteiger partial charge in [0.15, 0.2) is 0 Å². The quantitative estimate of drug-likeness (QED) is 0.943. The van der Waals surface area contributed by atoms with Crippen LogP contribution in [-0.2, 0) is 22.6 Å². The predicted octanol–water partition coefficient (Wildman–Crippen LogP) is 3.07. The van der Waals surface area contributed by atoms with E-state index in [9.17, 15) is 9.59 Å². The van der Waals surface area contributed by atoms with Crippen molar-refractivity contribution in [2.24, 2.45) is 5.92 Å². The smallest absolute Gasteiger partial charge is 0.416 e. The molecule has 2 aromatic carbocycles. The summed E-state index contributed by atoms with van der Waals surface area (Å²) in [6.07, 6.45) is 0.000836. The number of para-hydroxylation sites is 1. The molecule has 124 valence electrons. The first-order valence-electron chi connectivity index (χ1n) is 7.95. The van der Waals surface area contributed by atoms with Crippen LogP contribution in [0.4, 0.5) is 10.5 Å². The molecule has 1 aliphatic rings. The number of carbonyl (C=O) groups excluding carboxylic acids is 2. The SMILES string of the molecule is CN(C(=O)OCc1ccccc1)C(=O)[C@H]1CNc2ccccc2C1. The largest absolute Gasteiger partial charge is 0.444 e. The molecule has 0 fully saturated rings. The van der Waals surface area contributed by atoms with E-state index in [-0.39, 0.29) is 18.4 Å². The van der Waals surface area contributed by atoms with Crippen molar-refractivity contribution in [1.82, 2.24) is 4.90 Å². The average molecular weight is 324 g/mol. The van der Waals surface area contributed by atoms with Gasteiger partial charge in [0, 0.05) is 19.3 Å². The molecule has 0 bridgehead atoms. The number of carbonyl (C=O) groups is 2. The van der Waals surface area contributed by atoms with E-state index < -0.39 is 6.09 Å². The van der Waals surface area contributed by atoms with E-state index in [0.29, 0.717) is 13.0 Å². The van der Waals surface area contributed by atoms with Crippen LogP contribution >= 0.6 is 0 Å². The Bertz CT molecular complexity index is 730. The summed E-state index contributed by atoms with van der Waals surface area (Å²) in [4.78, 5) is 25.7. The van der Waals surface area contributed by atoms with Gasteiger partial charge >= 0.3 is 6.09 Å². The van der Waals surface area contributed by atoms with Crippen LogP contribution in [0.15, 0.2) is 54.6 Å². The van der Waals surface area contributed by atoms with Gasteiger partial charge in [-0.15, -0.1) is 0 Å². The fraction of sp³-hybridized carbons (Fsp3) is 0.263. The topological polar surface area (TPSA) is 58.6 Å². The summed E-state index contributed by atoms with van der Waals surface area (Å²) in [5, 5.41) is 3.25. The zero-order chi connectivity index (χ0) is 16.9. The number of amides is 2. The molecule has 0 aromatic heterocycles. The minimum atomic E-state index is -0.622. The molecule has 1 atom stereocenters. The van der Waals surface area contributed by atoms with Crippen LogP contribution in [0.5, 0.6) is 0 Å². The van der Waals surface area contributed by atoms with Crippen molar-refractivity contribution in [3.63, 3.8) is 0 Å². The molecule has 0 radical (unpaired) electrons. The second kappa shape index (κ2) is 7.17. The summed E-state index contributed by atoms with van der Waals surface area (Å²) in [6, 6.07) is 17.3. The van der Waals surface area contributed by atoms with E-state index in [1.807, 2.05) is 54.6 Å². The van der Waals surface area contributed by atoms with Gasteiger partial charge in [-0.1, -0.05) is 48.5 Å². The molecule has 24 heavy (non-hydrogen) atoms. The Labute approximate surface area is 141 Å². The molecule has 5 nitrogen and oxygen atoms in total. The van der Waals surface area contributed by atoms with Crippen molar-refractivity contribution in [3.05, 3.63) is 65.7 Å². The predicted molar refractivity (Wildman–Crippen MR) is 91.5 cm³/mol. The number of ether oxygens (including phenoxy) is 1. The Morgan fingerprint density at radius 1 is 1.12 bits per heavy atom. The number of rotatable bonds is 3. The third-order valence-electron chi connectivity index (χ3n) is 4.18. The summed E-state index contributed by atoms with van der Waals surface area (Å²) in [6.45, 7) is 0.676. The standard InChI is InChI=1S/C19H20N2O3/c1-21(19(23)24-13-14-7-3-2-4-8-14)18(22)16-11-15-9-5-6-10-17(15)20-12-16/h2-10,16,20H,11-13H2,1H3/t16-/m1/s1. The molecule has 0 saturated heterocycles. The van der Waals surface area contributed by atoms with E-state index in [1.54, 1.807) is 0 Å². The molecular formula is C19H20N2O3. The second-order valence-corrected chi connectivity index (χ2v) is 5.88. The monoisotopic (exact) mass is 324 g/mol. The van der Waals surface area contributed by atoms with Gasteiger partial charge in [0.2, 0.25) is 5.91 Å². The lowest BCUT2D eigenvalue weighted by Crippen LogP contribution is -2.42. The molecule has 5 heteroatoms. The van der Waals surface area contributed by atoms with Crippen molar-refractivity contribution >= 4 is 17.7 Å². The third-order valence-corrected chi connectivity index (χ3v) is 4.18. The summed E-state index contributed by atoms with van der Waals surface area (Å²) in [7, 11) is 1.47. The fourth-order valence-corrected chi connectivity index (χ4v) is 2.80. The maximum Gasteiger partial charge on any atom is 0.416 e. The zero-order valence-corrected chi connectivity index (χ0v) is 13.6. The van der Waals surface area contributed by atoms with Crippen molar-refractivity contribution < 1.29 is 14.3 Å². The van der Waals surface area contributed by atoms with E-state index in [0.717, 1.165) is 21.7 Å². The van der Waals surface area contributed by atoms with Gasteiger partial charge in [-0.2, -0.15) is 0 Å². The minimum Gasteiger partial charge on any atom is -0.444 e. The van der Waals surface area contributed by atoms with Gasteiger partial charge < -0.3 is 10.1 Å². The number of hydrogen-bond donors (Lipinski definition) is 1. The molecule has 1 N–H and O–H groups in total. The highest BCUT2D eigenvalue weighted by atomic mass is 16.6. The minimum absolute atomic E-state index is 0.156. The molecule has 2 amide bonds. The van der Waals surface area contributed by atoms with Gasteiger partial charge in [0.25, 0.3) is 0 Å². The van der Waals surface area contributed by atoms with E-state index >= 15 is 0 Å². The number of fused-ring (bicyclic) bond motifs is 1. The number of anilines is 1. The van der Waals surface area contributed by atoms with Crippen LogP contribution in [0.3, 0.4) is 0 Å². The Morgan fingerprint density at radius 2 is 1.83 bits per heavy atom. The van der Waals surface area contributed by atoms with Crippen molar-refractivity contribution in [2.45, 2.75) is 13.0 Å². The Hall–Kier alpha value is -2.82. The van der Waals surface area contributed by atoms with Crippen molar-refractivity contribution in [1.29, 1.82) is 0 Å². The maximum atomic E-state index is 12.5. The fourth-order valence-electron chi connectivity index (χ4n) is 2.80. The van der Waals surface area contributed by atoms with Crippen LogP contribution < -0.4 is 5.32 Å². The summed E-state index contributed by atoms with van der Waals surface area (Å²) >= 11 is 0. The average Bonchev–Trinajstić information content (AvgIpc) is 2.65. The second-order valence-electron chi connectivity index (χ2n) is 5.88. The maximum absolute atomic E-state index is 12.5. The van der Waals surface area contributed by atoms with Crippen LogP contribution in [0.25, 0.3) is 0 Å². The van der Waals surface area contributed by atoms with Crippen LogP contribution in [-0.4, -0.2) is 30.5 Å². The number of imide groups is 1. The first-order chi connectivity index (χ1) is 11.6. The molecule has 1 aliphatic heterocycles. The number of nitrogens with one attached hydrogen (secondary N) is 1. The lowest BCUT2D eigenvalue weighted by Gasteiger charge is -2.27. The molecule has 0 unspecified atom stereocenters. The lowest BCUT2D eigenvalue weighted by atomic mass is 9.93. The van der Waals surface area contributed by atoms with Gasteiger partial charge in [-0.3, -0.25) is 9.69 Å². The summed E-state index contributed by atoms with van der Waals surface area (Å²) in [5.74, 6) is -0.496. The summed E-state index contributed by atoms with van der Waals surface area (Å²) < 4.78 is 5.22. The molecule has 0 aliphatic carbocycles. The highest BCUT2D eigenvalue weighted by Crippen LogP contribution is 2.25. The van der Waals surface area contributed by atoms with Gasteiger partial charge in [0.1, 0.15) is 6.61 Å². The molecular weight excluding hydrogens is 304 g/mol.